The Morgan fingerprint density at radius 1 is 0.362 bits per heavy atom. The van der Waals surface area contributed by atoms with Gasteiger partial charge < -0.3 is 8.98 Å². The summed E-state index contributed by atoms with van der Waals surface area (Å²) in [4.78, 5) is 15.7. The number of para-hydroxylation sites is 1. The third-order valence-corrected chi connectivity index (χ3v) is 11.4. The summed E-state index contributed by atoms with van der Waals surface area (Å²) in [5.74, 6) is 1.72. The molecule has 0 saturated heterocycles. The Labute approximate surface area is 333 Å². The second kappa shape index (κ2) is 12.8. The molecule has 0 saturated carbocycles. The molecule has 12 aromatic rings. The molecule has 0 amide bonds. The molecule has 0 spiro atoms. The number of hydrogen-bond acceptors (Lipinski definition) is 4. The highest BCUT2D eigenvalue weighted by molar-refractivity contribution is 6.21. The Hall–Kier alpha value is -7.89. The Morgan fingerprint density at radius 3 is 1.79 bits per heavy atom. The number of furan rings is 1. The highest BCUT2D eigenvalue weighted by Gasteiger charge is 2.23. The monoisotopic (exact) mass is 740 g/mol. The van der Waals surface area contributed by atoms with Crippen molar-refractivity contribution in [1.29, 1.82) is 0 Å². The Morgan fingerprint density at radius 2 is 0.983 bits per heavy atom. The molecule has 270 valence electrons. The molecular formula is C53H32N4O. The van der Waals surface area contributed by atoms with Crippen molar-refractivity contribution in [3.05, 3.63) is 194 Å². The molecule has 5 heteroatoms. The average molecular weight is 741 g/mol. The summed E-state index contributed by atoms with van der Waals surface area (Å²) in [6, 6.07) is 68.0. The minimum Gasteiger partial charge on any atom is -0.455 e. The van der Waals surface area contributed by atoms with Gasteiger partial charge >= 0.3 is 0 Å². The number of nitrogens with zero attached hydrogens (tertiary/aromatic N) is 4. The first-order valence-corrected chi connectivity index (χ1v) is 19.5. The van der Waals surface area contributed by atoms with Gasteiger partial charge in [-0.3, -0.25) is 0 Å². The van der Waals surface area contributed by atoms with Crippen LogP contribution >= 0.6 is 0 Å². The van der Waals surface area contributed by atoms with Crippen LogP contribution in [0.1, 0.15) is 0 Å². The first kappa shape index (κ1) is 32.4. The maximum Gasteiger partial charge on any atom is 0.167 e. The molecule has 0 aliphatic heterocycles. The zero-order valence-electron chi connectivity index (χ0n) is 31.2. The van der Waals surface area contributed by atoms with Gasteiger partial charge in [-0.05, 0) is 75.1 Å². The summed E-state index contributed by atoms with van der Waals surface area (Å²) < 4.78 is 9.29. The van der Waals surface area contributed by atoms with E-state index in [4.69, 9.17) is 19.4 Å². The van der Waals surface area contributed by atoms with Crippen LogP contribution in [-0.2, 0) is 0 Å². The van der Waals surface area contributed by atoms with Crippen molar-refractivity contribution >= 4 is 65.3 Å². The maximum absolute atomic E-state index is 6.91. The van der Waals surface area contributed by atoms with E-state index in [0.717, 1.165) is 77.2 Å². The van der Waals surface area contributed by atoms with E-state index in [9.17, 15) is 0 Å². The van der Waals surface area contributed by atoms with Gasteiger partial charge in [0.15, 0.2) is 17.5 Å². The summed E-state index contributed by atoms with van der Waals surface area (Å²) in [6.45, 7) is 0. The fourth-order valence-corrected chi connectivity index (χ4v) is 8.67. The van der Waals surface area contributed by atoms with Crippen molar-refractivity contribution in [3.8, 4) is 51.0 Å². The van der Waals surface area contributed by atoms with E-state index in [1.165, 1.54) is 21.5 Å². The molecule has 0 radical (unpaired) electrons. The van der Waals surface area contributed by atoms with E-state index in [1.54, 1.807) is 0 Å². The van der Waals surface area contributed by atoms with E-state index in [1.807, 2.05) is 36.4 Å². The van der Waals surface area contributed by atoms with E-state index in [2.05, 4.69) is 162 Å². The summed E-state index contributed by atoms with van der Waals surface area (Å²) in [7, 11) is 0. The SMILES string of the molecule is c1ccc(-c2cccc(-c3nc(-c4ccccc4)nc(-c4cc(-n5c6ccccc6c6cc7ccccc7cc65)cc5c4oc4ccc6ccccc6c45)n3)c2)cc1. The molecule has 0 atom stereocenters. The predicted octanol–water partition coefficient (Wildman–Crippen LogP) is 13.8. The second-order valence-electron chi connectivity index (χ2n) is 14.8. The van der Waals surface area contributed by atoms with Gasteiger partial charge in [-0.15, -0.1) is 0 Å². The van der Waals surface area contributed by atoms with Gasteiger partial charge in [0, 0.05) is 38.4 Å². The third kappa shape index (κ3) is 5.14. The van der Waals surface area contributed by atoms with E-state index in [-0.39, 0.29) is 0 Å². The lowest BCUT2D eigenvalue weighted by atomic mass is 10.0. The van der Waals surface area contributed by atoms with Crippen LogP contribution in [0.2, 0.25) is 0 Å². The molecule has 3 aromatic heterocycles. The fraction of sp³-hybridized carbons (Fsp3) is 0. The number of fused-ring (bicyclic) bond motifs is 9. The van der Waals surface area contributed by atoms with Gasteiger partial charge in [-0.2, -0.15) is 0 Å². The van der Waals surface area contributed by atoms with Crippen LogP contribution in [-0.4, -0.2) is 19.5 Å². The van der Waals surface area contributed by atoms with Crippen LogP contribution in [0.5, 0.6) is 0 Å². The highest BCUT2D eigenvalue weighted by atomic mass is 16.3. The van der Waals surface area contributed by atoms with Crippen molar-refractivity contribution < 1.29 is 4.42 Å². The van der Waals surface area contributed by atoms with Crippen LogP contribution < -0.4 is 0 Å². The number of aromatic nitrogens is 4. The Balaban J connectivity index is 1.19. The predicted molar refractivity (Wildman–Crippen MR) is 238 cm³/mol. The van der Waals surface area contributed by atoms with Gasteiger partial charge in [0.1, 0.15) is 11.2 Å². The lowest BCUT2D eigenvalue weighted by Gasteiger charge is -2.13. The molecule has 0 unspecified atom stereocenters. The number of rotatable bonds is 5. The standard InChI is InChI=1S/C53H32N4O/c1-3-14-33(15-4-1)36-21-13-22-39(28-36)52-54-51(35-17-5-2-6-18-35)55-53(56-52)45-32-40(31-44-49-41-23-10-9-16-34(41)26-27-48(49)58-50(44)45)57-46-25-12-11-24-42(46)43-29-37-19-7-8-20-38(37)30-47(43)57/h1-32H. The second-order valence-corrected chi connectivity index (χ2v) is 14.8. The molecule has 0 N–H and O–H groups in total. The zero-order valence-corrected chi connectivity index (χ0v) is 31.2. The van der Waals surface area contributed by atoms with Crippen molar-refractivity contribution in [3.63, 3.8) is 0 Å². The van der Waals surface area contributed by atoms with Crippen LogP contribution in [0.4, 0.5) is 0 Å². The van der Waals surface area contributed by atoms with E-state index in [0.29, 0.717) is 17.5 Å². The molecule has 0 aliphatic carbocycles. The van der Waals surface area contributed by atoms with E-state index < -0.39 is 0 Å². The van der Waals surface area contributed by atoms with E-state index >= 15 is 0 Å². The normalized spacial score (nSPS) is 11.8. The maximum atomic E-state index is 6.91. The molecule has 0 aliphatic rings. The fourth-order valence-electron chi connectivity index (χ4n) is 8.67. The third-order valence-electron chi connectivity index (χ3n) is 11.4. The van der Waals surface area contributed by atoms with Crippen molar-refractivity contribution in [2.45, 2.75) is 0 Å². The van der Waals surface area contributed by atoms with Crippen molar-refractivity contribution in [2.75, 3.05) is 0 Å². The Bertz CT molecular complexity index is 3570. The summed E-state index contributed by atoms with van der Waals surface area (Å²) in [6.07, 6.45) is 0. The van der Waals surface area contributed by atoms with Gasteiger partial charge in [0.2, 0.25) is 0 Å². The lowest BCUT2D eigenvalue weighted by molar-refractivity contribution is 0.669. The van der Waals surface area contributed by atoms with Crippen LogP contribution in [0.25, 0.3) is 116 Å². The van der Waals surface area contributed by atoms with Crippen molar-refractivity contribution in [1.82, 2.24) is 19.5 Å². The van der Waals surface area contributed by atoms with Gasteiger partial charge in [0.25, 0.3) is 0 Å². The highest BCUT2D eigenvalue weighted by Crippen LogP contribution is 2.43. The first-order chi connectivity index (χ1) is 28.7. The number of hydrogen-bond donors (Lipinski definition) is 0. The molecule has 0 bridgehead atoms. The lowest BCUT2D eigenvalue weighted by Crippen LogP contribution is -2.02. The molecule has 5 nitrogen and oxygen atoms in total. The molecule has 3 heterocycles. The summed E-state index contributed by atoms with van der Waals surface area (Å²) in [5.41, 5.74) is 9.61. The van der Waals surface area contributed by atoms with Gasteiger partial charge in [-0.25, -0.2) is 15.0 Å². The van der Waals surface area contributed by atoms with Gasteiger partial charge in [0.05, 0.1) is 16.6 Å². The topological polar surface area (TPSA) is 56.7 Å². The zero-order chi connectivity index (χ0) is 38.2. The molecule has 9 aromatic carbocycles. The Kier molecular flexibility index (Phi) is 7.16. The van der Waals surface area contributed by atoms with Crippen LogP contribution in [0.15, 0.2) is 199 Å². The minimum atomic E-state index is 0.537. The molecule has 58 heavy (non-hydrogen) atoms. The number of benzene rings is 9. The van der Waals surface area contributed by atoms with Crippen LogP contribution in [0, 0.1) is 0 Å². The minimum absolute atomic E-state index is 0.537. The quantitative estimate of drug-likeness (QED) is 0.176. The average Bonchev–Trinajstić information content (AvgIpc) is 3.84. The molecular weight excluding hydrogens is 709 g/mol. The first-order valence-electron chi connectivity index (χ1n) is 19.5. The summed E-state index contributed by atoms with van der Waals surface area (Å²) >= 11 is 0. The summed E-state index contributed by atoms with van der Waals surface area (Å²) in [5, 5.41) is 9.14. The van der Waals surface area contributed by atoms with Crippen molar-refractivity contribution in [2.24, 2.45) is 0 Å². The van der Waals surface area contributed by atoms with Gasteiger partial charge in [-0.1, -0.05) is 152 Å². The smallest absolute Gasteiger partial charge is 0.167 e. The molecule has 12 rings (SSSR count). The molecule has 0 fully saturated rings. The largest absolute Gasteiger partial charge is 0.455 e. The van der Waals surface area contributed by atoms with Crippen LogP contribution in [0.3, 0.4) is 0 Å².